The summed E-state index contributed by atoms with van der Waals surface area (Å²) in [5.41, 5.74) is 0. The second-order valence-electron chi connectivity index (χ2n) is 4.62. The average Bonchev–Trinajstić information content (AvgIpc) is 2.19. The third kappa shape index (κ3) is 6.52. The molecule has 0 rings (SSSR count). The van der Waals surface area contributed by atoms with E-state index in [1.807, 2.05) is 0 Å². The summed E-state index contributed by atoms with van der Waals surface area (Å²) in [4.78, 5) is 2.56. The Balaban J connectivity index is 4.10. The van der Waals surface area contributed by atoms with Crippen LogP contribution in [0.15, 0.2) is 0 Å². The van der Waals surface area contributed by atoms with E-state index < -0.39 is 0 Å². The number of rotatable bonds is 8. The third-order valence-electron chi connectivity index (χ3n) is 2.79. The van der Waals surface area contributed by atoms with Gasteiger partial charge in [-0.2, -0.15) is 5.26 Å². The summed E-state index contributed by atoms with van der Waals surface area (Å²) in [6.07, 6.45) is 4.14. The molecule has 0 N–H and O–H groups in total. The van der Waals surface area contributed by atoms with Gasteiger partial charge in [0.25, 0.3) is 0 Å². The van der Waals surface area contributed by atoms with Gasteiger partial charge in [-0.3, -0.25) is 0 Å². The van der Waals surface area contributed by atoms with Crippen LogP contribution in [0.5, 0.6) is 0 Å². The number of hydrogen-bond acceptors (Lipinski definition) is 2. The zero-order chi connectivity index (χ0) is 11.7. The molecule has 0 heterocycles. The van der Waals surface area contributed by atoms with Crippen molar-refractivity contribution in [3.05, 3.63) is 0 Å². The first-order valence-electron chi connectivity index (χ1n) is 6.26. The van der Waals surface area contributed by atoms with Crippen molar-refractivity contribution in [1.82, 2.24) is 4.90 Å². The Morgan fingerprint density at radius 3 is 2.20 bits per heavy atom. The summed E-state index contributed by atoms with van der Waals surface area (Å²) < 4.78 is 0. The summed E-state index contributed by atoms with van der Waals surface area (Å²) in [6, 6.07) is 2.92. The van der Waals surface area contributed by atoms with E-state index in [0.29, 0.717) is 18.4 Å². The molecular weight excluding hydrogens is 184 g/mol. The number of unbranched alkanes of at least 4 members (excludes halogenated alkanes) is 1. The van der Waals surface area contributed by atoms with E-state index in [-0.39, 0.29) is 0 Å². The first kappa shape index (κ1) is 14.5. The Hall–Kier alpha value is -0.550. The Morgan fingerprint density at radius 2 is 1.80 bits per heavy atom. The summed E-state index contributed by atoms with van der Waals surface area (Å²) in [7, 11) is 0. The highest BCUT2D eigenvalue weighted by Gasteiger charge is 2.15. The van der Waals surface area contributed by atoms with Crippen molar-refractivity contribution >= 4 is 0 Å². The van der Waals surface area contributed by atoms with Crippen molar-refractivity contribution in [2.45, 2.75) is 59.4 Å². The van der Waals surface area contributed by atoms with E-state index in [0.717, 1.165) is 19.5 Å². The molecule has 0 unspecified atom stereocenters. The first-order chi connectivity index (χ1) is 7.15. The molecule has 0 spiro atoms. The summed E-state index contributed by atoms with van der Waals surface area (Å²) in [6.45, 7) is 11.3. The second-order valence-corrected chi connectivity index (χ2v) is 4.62. The van der Waals surface area contributed by atoms with Gasteiger partial charge in [-0.25, -0.2) is 0 Å². The number of nitriles is 1. The highest BCUT2D eigenvalue weighted by molar-refractivity contribution is 4.74. The third-order valence-corrected chi connectivity index (χ3v) is 2.79. The van der Waals surface area contributed by atoms with Crippen molar-refractivity contribution in [3.63, 3.8) is 0 Å². The van der Waals surface area contributed by atoms with Gasteiger partial charge in [0.15, 0.2) is 0 Å². The normalized spacial score (nSPS) is 11.3. The van der Waals surface area contributed by atoms with E-state index in [1.165, 1.54) is 12.8 Å². The minimum Gasteiger partial charge on any atom is -0.300 e. The van der Waals surface area contributed by atoms with Gasteiger partial charge in [0.05, 0.1) is 6.07 Å². The molecule has 0 saturated carbocycles. The largest absolute Gasteiger partial charge is 0.300 e. The molecule has 0 atom stereocenters. The maximum Gasteiger partial charge on any atom is 0.0622 e. The zero-order valence-electron chi connectivity index (χ0n) is 10.8. The van der Waals surface area contributed by atoms with Gasteiger partial charge in [-0.15, -0.1) is 0 Å². The molecule has 15 heavy (non-hydrogen) atoms. The Labute approximate surface area is 95.3 Å². The summed E-state index contributed by atoms with van der Waals surface area (Å²) >= 11 is 0. The van der Waals surface area contributed by atoms with Crippen LogP contribution >= 0.6 is 0 Å². The number of nitrogens with zero attached hydrogens (tertiary/aromatic N) is 2. The predicted octanol–water partition coefficient (Wildman–Crippen LogP) is 3.44. The van der Waals surface area contributed by atoms with Crippen LogP contribution < -0.4 is 0 Å². The first-order valence-corrected chi connectivity index (χ1v) is 6.26. The van der Waals surface area contributed by atoms with E-state index in [1.54, 1.807) is 0 Å². The van der Waals surface area contributed by atoms with E-state index in [2.05, 4.69) is 38.7 Å². The molecule has 88 valence electrons. The fraction of sp³-hybridized carbons (Fsp3) is 0.923. The molecule has 2 nitrogen and oxygen atoms in total. The van der Waals surface area contributed by atoms with Crippen LogP contribution in [0, 0.1) is 17.2 Å². The van der Waals surface area contributed by atoms with Crippen molar-refractivity contribution in [3.8, 4) is 6.07 Å². The Bertz CT molecular complexity index is 177. The van der Waals surface area contributed by atoms with Gasteiger partial charge in [0.1, 0.15) is 0 Å². The molecule has 0 bridgehead atoms. The van der Waals surface area contributed by atoms with E-state index >= 15 is 0 Å². The molecule has 0 saturated heterocycles. The number of hydrogen-bond donors (Lipinski definition) is 0. The molecule has 0 aromatic rings. The highest BCUT2D eigenvalue weighted by atomic mass is 15.1. The van der Waals surface area contributed by atoms with Crippen LogP contribution in [0.25, 0.3) is 0 Å². The molecule has 0 aliphatic rings. The molecule has 0 aliphatic heterocycles. The molecule has 0 fully saturated rings. The van der Waals surface area contributed by atoms with Crippen molar-refractivity contribution in [2.75, 3.05) is 13.1 Å². The van der Waals surface area contributed by atoms with Gasteiger partial charge in [0, 0.05) is 19.0 Å². The monoisotopic (exact) mass is 210 g/mol. The second kappa shape index (κ2) is 8.73. The standard InChI is InChI=1S/C13H26N2/c1-5-13(6-2)15(11-12(3)4)10-8-7-9-14/h12-13H,5-8,10-11H2,1-4H3. The summed E-state index contributed by atoms with van der Waals surface area (Å²) in [5, 5.41) is 8.55. The lowest BCUT2D eigenvalue weighted by molar-refractivity contribution is 0.164. The van der Waals surface area contributed by atoms with Gasteiger partial charge in [-0.1, -0.05) is 27.7 Å². The maximum atomic E-state index is 8.55. The molecule has 0 amide bonds. The van der Waals surface area contributed by atoms with Gasteiger partial charge in [-0.05, 0) is 31.7 Å². The van der Waals surface area contributed by atoms with Gasteiger partial charge < -0.3 is 4.90 Å². The molecule has 0 aromatic heterocycles. The van der Waals surface area contributed by atoms with Crippen molar-refractivity contribution < 1.29 is 0 Å². The minimum absolute atomic E-state index is 0.689. The van der Waals surface area contributed by atoms with Crippen molar-refractivity contribution in [1.29, 1.82) is 5.26 Å². The van der Waals surface area contributed by atoms with Crippen LogP contribution in [0.2, 0.25) is 0 Å². The van der Waals surface area contributed by atoms with Gasteiger partial charge >= 0.3 is 0 Å². The lowest BCUT2D eigenvalue weighted by Crippen LogP contribution is -2.37. The van der Waals surface area contributed by atoms with Crippen LogP contribution in [0.3, 0.4) is 0 Å². The maximum absolute atomic E-state index is 8.55. The molecule has 0 aliphatic carbocycles. The Kier molecular flexibility index (Phi) is 8.41. The fourth-order valence-electron chi connectivity index (χ4n) is 2.06. The van der Waals surface area contributed by atoms with Crippen LogP contribution in [-0.2, 0) is 0 Å². The van der Waals surface area contributed by atoms with Gasteiger partial charge in [0.2, 0.25) is 0 Å². The van der Waals surface area contributed by atoms with Crippen LogP contribution in [0.1, 0.15) is 53.4 Å². The SMILES string of the molecule is CCC(CC)N(CCCC#N)CC(C)C. The van der Waals surface area contributed by atoms with Crippen molar-refractivity contribution in [2.24, 2.45) is 5.92 Å². The Morgan fingerprint density at radius 1 is 1.20 bits per heavy atom. The topological polar surface area (TPSA) is 27.0 Å². The van der Waals surface area contributed by atoms with Crippen LogP contribution in [-0.4, -0.2) is 24.0 Å². The minimum atomic E-state index is 0.689. The summed E-state index contributed by atoms with van der Waals surface area (Å²) in [5.74, 6) is 0.715. The molecule has 0 aromatic carbocycles. The zero-order valence-corrected chi connectivity index (χ0v) is 10.8. The quantitative estimate of drug-likeness (QED) is 0.574. The molecular formula is C13H26N2. The van der Waals surface area contributed by atoms with E-state index in [9.17, 15) is 0 Å². The lowest BCUT2D eigenvalue weighted by atomic mass is 10.1. The lowest BCUT2D eigenvalue weighted by Gasteiger charge is -2.31. The van der Waals surface area contributed by atoms with Crippen LogP contribution in [0.4, 0.5) is 0 Å². The molecule has 0 radical (unpaired) electrons. The van der Waals surface area contributed by atoms with E-state index in [4.69, 9.17) is 5.26 Å². The predicted molar refractivity (Wildman–Crippen MR) is 65.6 cm³/mol. The smallest absolute Gasteiger partial charge is 0.0622 e. The highest BCUT2D eigenvalue weighted by Crippen LogP contribution is 2.12. The molecule has 2 heteroatoms. The fourth-order valence-corrected chi connectivity index (χ4v) is 2.06. The average molecular weight is 210 g/mol.